The van der Waals surface area contributed by atoms with Crippen LogP contribution in [0.25, 0.3) is 0 Å². The topological polar surface area (TPSA) is 67.9 Å². The Balaban J connectivity index is 1.59. The van der Waals surface area contributed by atoms with E-state index in [-0.39, 0.29) is 11.8 Å². The summed E-state index contributed by atoms with van der Waals surface area (Å²) in [7, 11) is 1.72. The third-order valence-electron chi connectivity index (χ3n) is 3.87. The van der Waals surface area contributed by atoms with E-state index in [1.165, 1.54) is 11.3 Å². The van der Waals surface area contributed by atoms with Gasteiger partial charge in [0.05, 0.1) is 4.88 Å². The van der Waals surface area contributed by atoms with Crippen LogP contribution in [0.1, 0.15) is 22.2 Å². The molecule has 0 spiro atoms. The molecule has 1 aromatic carbocycles. The Hall–Kier alpha value is -2.54. The Morgan fingerprint density at radius 1 is 1.24 bits per heavy atom. The molecule has 7 heteroatoms. The van der Waals surface area contributed by atoms with Gasteiger partial charge in [0.25, 0.3) is 5.91 Å². The molecule has 1 unspecified atom stereocenters. The minimum Gasteiger partial charge on any atom is -0.486 e. The molecule has 0 saturated heterocycles. The number of rotatable bonds is 5. The second kappa shape index (κ2) is 7.57. The molecule has 1 aliphatic rings. The molecule has 1 aliphatic heterocycles. The zero-order chi connectivity index (χ0) is 17.8. The Kier molecular flexibility index (Phi) is 5.23. The summed E-state index contributed by atoms with van der Waals surface area (Å²) in [5, 5.41) is 4.56. The van der Waals surface area contributed by atoms with E-state index in [1.54, 1.807) is 31.0 Å². The average molecular weight is 360 g/mol. The van der Waals surface area contributed by atoms with Gasteiger partial charge in [-0.25, -0.2) is 0 Å². The van der Waals surface area contributed by atoms with Gasteiger partial charge < -0.3 is 19.7 Å². The van der Waals surface area contributed by atoms with Gasteiger partial charge >= 0.3 is 0 Å². The highest BCUT2D eigenvalue weighted by atomic mass is 32.1. The van der Waals surface area contributed by atoms with Gasteiger partial charge in [-0.2, -0.15) is 0 Å². The zero-order valence-corrected chi connectivity index (χ0v) is 15.0. The van der Waals surface area contributed by atoms with Crippen LogP contribution in [0.4, 0.5) is 0 Å². The minimum atomic E-state index is -0.600. The van der Waals surface area contributed by atoms with Crippen molar-refractivity contribution in [1.82, 2.24) is 10.2 Å². The van der Waals surface area contributed by atoms with Crippen molar-refractivity contribution in [3.05, 3.63) is 46.2 Å². The second-order valence-corrected chi connectivity index (χ2v) is 6.79. The molecule has 0 aliphatic carbocycles. The number of benzene rings is 1. The van der Waals surface area contributed by atoms with Crippen molar-refractivity contribution in [2.75, 3.05) is 20.3 Å². The van der Waals surface area contributed by atoms with E-state index in [9.17, 15) is 9.59 Å². The maximum atomic E-state index is 12.5. The van der Waals surface area contributed by atoms with Crippen LogP contribution < -0.4 is 14.8 Å². The third kappa shape index (κ3) is 4.11. The van der Waals surface area contributed by atoms with Crippen molar-refractivity contribution < 1.29 is 19.1 Å². The summed E-state index contributed by atoms with van der Waals surface area (Å²) in [6, 6.07) is 8.58. The lowest BCUT2D eigenvalue weighted by Crippen LogP contribution is -2.45. The average Bonchev–Trinajstić information content (AvgIpc) is 3.15. The molecule has 132 valence electrons. The van der Waals surface area contributed by atoms with Crippen molar-refractivity contribution in [2.24, 2.45) is 0 Å². The molecule has 0 fully saturated rings. The van der Waals surface area contributed by atoms with E-state index in [2.05, 4.69) is 5.32 Å². The smallest absolute Gasteiger partial charge is 0.261 e. The van der Waals surface area contributed by atoms with Crippen LogP contribution in [0.3, 0.4) is 0 Å². The number of nitrogens with zero attached hydrogens (tertiary/aromatic N) is 1. The molecule has 0 bridgehead atoms. The summed E-state index contributed by atoms with van der Waals surface area (Å²) in [4.78, 5) is 26.7. The van der Waals surface area contributed by atoms with Crippen LogP contribution in [0.5, 0.6) is 11.5 Å². The Morgan fingerprint density at radius 2 is 2.00 bits per heavy atom. The van der Waals surface area contributed by atoms with Gasteiger partial charge in [0.1, 0.15) is 19.3 Å². The fourth-order valence-corrected chi connectivity index (χ4v) is 3.23. The number of thiophene rings is 1. The highest BCUT2D eigenvalue weighted by Crippen LogP contribution is 2.31. The number of carbonyl (C=O) groups is 2. The predicted octanol–water partition coefficient (Wildman–Crippen LogP) is 2.30. The van der Waals surface area contributed by atoms with Gasteiger partial charge in [-0.1, -0.05) is 12.1 Å². The Morgan fingerprint density at radius 3 is 2.72 bits per heavy atom. The van der Waals surface area contributed by atoms with E-state index in [0.717, 1.165) is 11.3 Å². The Labute approximate surface area is 150 Å². The predicted molar refractivity (Wildman–Crippen MR) is 95.2 cm³/mol. The fraction of sp³-hybridized carbons (Fsp3) is 0.333. The van der Waals surface area contributed by atoms with Gasteiger partial charge in [0, 0.05) is 13.6 Å². The van der Waals surface area contributed by atoms with Crippen molar-refractivity contribution in [3.63, 3.8) is 0 Å². The molecular weight excluding hydrogens is 340 g/mol. The number of nitrogens with one attached hydrogen (secondary N) is 1. The quantitative estimate of drug-likeness (QED) is 0.888. The monoisotopic (exact) mass is 360 g/mol. The fourth-order valence-electron chi connectivity index (χ4n) is 2.61. The highest BCUT2D eigenvalue weighted by Gasteiger charge is 2.21. The highest BCUT2D eigenvalue weighted by molar-refractivity contribution is 7.12. The molecule has 6 nitrogen and oxygen atoms in total. The number of fused-ring (bicyclic) bond motifs is 1. The Bertz CT molecular complexity index is 760. The maximum Gasteiger partial charge on any atom is 0.261 e. The van der Waals surface area contributed by atoms with E-state index < -0.39 is 6.04 Å². The van der Waals surface area contributed by atoms with Crippen LogP contribution in [0.15, 0.2) is 35.7 Å². The van der Waals surface area contributed by atoms with Gasteiger partial charge in [0.15, 0.2) is 11.5 Å². The van der Waals surface area contributed by atoms with Crippen LogP contribution in [0.2, 0.25) is 0 Å². The normalized spacial score (nSPS) is 13.8. The first-order chi connectivity index (χ1) is 12.0. The van der Waals surface area contributed by atoms with E-state index in [4.69, 9.17) is 9.47 Å². The molecule has 2 heterocycles. The summed E-state index contributed by atoms with van der Waals surface area (Å²) >= 11 is 1.35. The molecule has 1 aromatic heterocycles. The third-order valence-corrected chi connectivity index (χ3v) is 4.73. The van der Waals surface area contributed by atoms with Crippen molar-refractivity contribution >= 4 is 23.2 Å². The maximum absolute atomic E-state index is 12.5. The first-order valence-electron chi connectivity index (χ1n) is 8.02. The largest absolute Gasteiger partial charge is 0.486 e. The van der Waals surface area contributed by atoms with Crippen LogP contribution in [-0.2, 0) is 11.3 Å². The van der Waals surface area contributed by atoms with Crippen LogP contribution in [0, 0.1) is 0 Å². The van der Waals surface area contributed by atoms with Gasteiger partial charge in [-0.3, -0.25) is 9.59 Å². The lowest BCUT2D eigenvalue weighted by Gasteiger charge is -2.23. The number of likely N-dealkylation sites (N-methyl/N-ethyl adjacent to an activating group) is 1. The number of hydrogen-bond donors (Lipinski definition) is 1. The molecule has 3 rings (SSSR count). The van der Waals surface area contributed by atoms with Crippen LogP contribution >= 0.6 is 11.3 Å². The molecule has 25 heavy (non-hydrogen) atoms. The second-order valence-electron chi connectivity index (χ2n) is 5.84. The van der Waals surface area contributed by atoms with Crippen molar-refractivity contribution in [1.29, 1.82) is 0 Å². The summed E-state index contributed by atoms with van der Waals surface area (Å²) in [5.41, 5.74) is 0.942. The number of carbonyl (C=O) groups excluding carboxylic acids is 2. The summed E-state index contributed by atoms with van der Waals surface area (Å²) in [6.07, 6.45) is 0. The van der Waals surface area contributed by atoms with E-state index >= 15 is 0 Å². The van der Waals surface area contributed by atoms with Gasteiger partial charge in [-0.05, 0) is 36.1 Å². The molecule has 2 amide bonds. The lowest BCUT2D eigenvalue weighted by atomic mass is 10.1. The van der Waals surface area contributed by atoms with Gasteiger partial charge in [-0.15, -0.1) is 11.3 Å². The van der Waals surface area contributed by atoms with E-state index in [1.807, 2.05) is 23.6 Å². The molecule has 0 saturated carbocycles. The first-order valence-corrected chi connectivity index (χ1v) is 8.90. The van der Waals surface area contributed by atoms with E-state index in [0.29, 0.717) is 30.4 Å². The molecular formula is C18H20N2O4S. The molecule has 1 atom stereocenters. The number of hydrogen-bond acceptors (Lipinski definition) is 5. The number of ether oxygens (including phenoxy) is 2. The number of amides is 2. The first kappa shape index (κ1) is 17.3. The van der Waals surface area contributed by atoms with Crippen molar-refractivity contribution in [3.8, 4) is 11.5 Å². The zero-order valence-electron chi connectivity index (χ0n) is 14.2. The van der Waals surface area contributed by atoms with Crippen molar-refractivity contribution in [2.45, 2.75) is 19.5 Å². The standard InChI is InChI=1S/C18H20N2O4S/c1-12(19-17(21)16-4-3-9-25-16)18(22)20(2)11-13-5-6-14-15(10-13)24-8-7-23-14/h3-6,9-10,12H,7-8,11H2,1-2H3,(H,19,21). The lowest BCUT2D eigenvalue weighted by molar-refractivity contribution is -0.132. The molecule has 0 radical (unpaired) electrons. The van der Waals surface area contributed by atoms with Crippen LogP contribution in [-0.4, -0.2) is 43.0 Å². The molecule has 1 N–H and O–H groups in total. The minimum absolute atomic E-state index is 0.153. The SMILES string of the molecule is CC(NC(=O)c1cccs1)C(=O)N(C)Cc1ccc2c(c1)OCCO2. The summed E-state index contributed by atoms with van der Waals surface area (Å²) < 4.78 is 11.1. The summed E-state index contributed by atoms with van der Waals surface area (Å²) in [5.74, 6) is 1.03. The van der Waals surface area contributed by atoms with Gasteiger partial charge in [0.2, 0.25) is 5.91 Å². The molecule has 2 aromatic rings. The summed E-state index contributed by atoms with van der Waals surface area (Å²) in [6.45, 7) is 3.19.